The summed E-state index contributed by atoms with van der Waals surface area (Å²) in [5, 5.41) is 2.42. The third-order valence-electron chi connectivity index (χ3n) is 6.56. The van der Waals surface area contributed by atoms with Crippen LogP contribution in [-0.4, -0.2) is 53.9 Å². The van der Waals surface area contributed by atoms with Crippen molar-refractivity contribution in [2.45, 2.75) is 31.3 Å². The second-order valence-corrected chi connectivity index (χ2v) is 8.72. The van der Waals surface area contributed by atoms with Crippen LogP contribution >= 0.6 is 0 Å². The normalized spacial score (nSPS) is 23.9. The fraction of sp³-hybridized carbons (Fsp3) is 0.375. The molecule has 2 saturated heterocycles. The van der Waals surface area contributed by atoms with Crippen LogP contribution in [0, 0.1) is 11.6 Å². The number of carbonyl (C=O) groups is 3. The fourth-order valence-electron chi connectivity index (χ4n) is 4.81. The van der Waals surface area contributed by atoms with E-state index in [-0.39, 0.29) is 11.6 Å². The lowest BCUT2D eigenvalue weighted by Gasteiger charge is -2.28. The smallest absolute Gasteiger partial charge is 0.325 e. The summed E-state index contributed by atoms with van der Waals surface area (Å²) in [6, 6.07) is 7.15. The monoisotopic (exact) mass is 471 g/mol. The maximum absolute atomic E-state index is 14.4. The molecule has 34 heavy (non-hydrogen) atoms. The van der Waals surface area contributed by atoms with Crippen LogP contribution in [0.4, 0.5) is 13.6 Å². The van der Waals surface area contributed by atoms with Crippen molar-refractivity contribution in [2.75, 3.05) is 26.3 Å². The number of urea groups is 1. The van der Waals surface area contributed by atoms with Gasteiger partial charge in [0.25, 0.3) is 5.91 Å². The number of carbonyl (C=O) groups excluding carboxylic acids is 3. The van der Waals surface area contributed by atoms with Crippen molar-refractivity contribution < 1.29 is 32.6 Å². The highest BCUT2D eigenvalue weighted by Crippen LogP contribution is 2.38. The molecule has 0 aromatic heterocycles. The number of fused-ring (bicyclic) bond motifs is 1. The molecular weight excluding hydrogens is 448 g/mol. The molecule has 3 heterocycles. The van der Waals surface area contributed by atoms with Crippen molar-refractivity contribution in [1.82, 2.24) is 15.1 Å². The van der Waals surface area contributed by atoms with E-state index in [2.05, 4.69) is 5.32 Å². The Bertz CT molecular complexity index is 1190. The van der Waals surface area contributed by atoms with Crippen LogP contribution in [0.25, 0.3) is 0 Å². The average molecular weight is 471 g/mol. The lowest BCUT2D eigenvalue weighted by Crippen LogP contribution is -2.44. The van der Waals surface area contributed by atoms with Gasteiger partial charge in [-0.25, -0.2) is 13.6 Å². The zero-order chi connectivity index (χ0) is 24.0. The number of imide groups is 1. The number of nitrogens with zero attached hydrogens (tertiary/aromatic N) is 2. The first kappa shape index (κ1) is 22.1. The Labute approximate surface area is 194 Å². The Balaban J connectivity index is 1.35. The molecule has 2 aromatic rings. The molecule has 2 aromatic carbocycles. The second kappa shape index (κ2) is 8.27. The molecule has 8 nitrogen and oxygen atoms in total. The van der Waals surface area contributed by atoms with Gasteiger partial charge in [-0.1, -0.05) is 6.07 Å². The third-order valence-corrected chi connectivity index (χ3v) is 6.56. The van der Waals surface area contributed by atoms with Gasteiger partial charge in [-0.05, 0) is 55.7 Å². The first-order chi connectivity index (χ1) is 16.3. The molecule has 0 saturated carbocycles. The van der Waals surface area contributed by atoms with E-state index in [1.54, 1.807) is 11.0 Å². The van der Waals surface area contributed by atoms with Crippen molar-refractivity contribution >= 4 is 17.8 Å². The number of amides is 4. The largest absolute Gasteiger partial charge is 0.486 e. The van der Waals surface area contributed by atoms with Gasteiger partial charge in [0.2, 0.25) is 5.91 Å². The molecule has 0 bridgehead atoms. The molecule has 3 aliphatic rings. The average Bonchev–Trinajstić information content (AvgIpc) is 3.40. The maximum atomic E-state index is 14.4. The van der Waals surface area contributed by atoms with E-state index >= 15 is 0 Å². The van der Waals surface area contributed by atoms with E-state index in [1.165, 1.54) is 6.92 Å². The van der Waals surface area contributed by atoms with Gasteiger partial charge in [0.15, 0.2) is 11.5 Å². The van der Waals surface area contributed by atoms with Crippen molar-refractivity contribution in [2.24, 2.45) is 0 Å². The number of hydrogen-bond donors (Lipinski definition) is 1. The number of hydrogen-bond acceptors (Lipinski definition) is 5. The van der Waals surface area contributed by atoms with Crippen molar-refractivity contribution in [3.63, 3.8) is 0 Å². The van der Waals surface area contributed by atoms with Crippen LogP contribution in [0.2, 0.25) is 0 Å². The highest BCUT2D eigenvalue weighted by molar-refractivity contribution is 6.09. The second-order valence-electron chi connectivity index (χ2n) is 8.72. The molecule has 5 rings (SSSR count). The van der Waals surface area contributed by atoms with E-state index in [4.69, 9.17) is 9.47 Å². The summed E-state index contributed by atoms with van der Waals surface area (Å²) in [7, 11) is 0. The Morgan fingerprint density at radius 2 is 1.88 bits per heavy atom. The van der Waals surface area contributed by atoms with Gasteiger partial charge < -0.3 is 19.7 Å². The zero-order valence-electron chi connectivity index (χ0n) is 18.5. The molecule has 178 valence electrons. The number of likely N-dealkylation sites (tertiary alicyclic amines) is 1. The van der Waals surface area contributed by atoms with Gasteiger partial charge in [0.1, 0.15) is 36.9 Å². The molecule has 2 atom stereocenters. The van der Waals surface area contributed by atoms with Crippen LogP contribution in [0.15, 0.2) is 36.4 Å². The van der Waals surface area contributed by atoms with E-state index in [9.17, 15) is 23.2 Å². The van der Waals surface area contributed by atoms with E-state index in [0.717, 1.165) is 41.5 Å². The van der Waals surface area contributed by atoms with Crippen LogP contribution in [0.5, 0.6) is 11.5 Å². The molecular formula is C24H23F2N3O5. The molecule has 0 radical (unpaired) electrons. The number of nitrogens with one attached hydrogen (secondary N) is 1. The van der Waals surface area contributed by atoms with Crippen molar-refractivity contribution in [3.8, 4) is 11.5 Å². The molecule has 1 N–H and O–H groups in total. The summed E-state index contributed by atoms with van der Waals surface area (Å²) < 4.78 is 39.3. The third kappa shape index (κ3) is 3.63. The SMILES string of the molecule is CC1(c2cc(F)ccc2F)NC(=O)N(CC(=O)N2CCCC2c2ccc3c(c2)OCCO3)C1=O. The number of benzene rings is 2. The lowest BCUT2D eigenvalue weighted by atomic mass is 9.91. The standard InChI is InChI=1S/C24H23F2N3O5/c1-24(16-12-15(25)5-6-17(16)26)22(31)29(23(32)27-24)13-21(30)28-8-2-3-18(28)14-4-7-19-20(11-14)34-10-9-33-19/h4-7,11-12,18H,2-3,8-10,13H2,1H3,(H,27,32). The van der Waals surface area contributed by atoms with Crippen LogP contribution in [0.1, 0.15) is 36.9 Å². The first-order valence-electron chi connectivity index (χ1n) is 11.1. The summed E-state index contributed by atoms with van der Waals surface area (Å²) in [5.41, 5.74) is -1.24. The summed E-state index contributed by atoms with van der Waals surface area (Å²) in [6.45, 7) is 2.18. The highest BCUT2D eigenvalue weighted by atomic mass is 19.1. The molecule has 10 heteroatoms. The Morgan fingerprint density at radius 1 is 1.12 bits per heavy atom. The van der Waals surface area contributed by atoms with Gasteiger partial charge in [-0.2, -0.15) is 0 Å². The lowest BCUT2D eigenvalue weighted by molar-refractivity contribution is -0.139. The number of rotatable bonds is 4. The van der Waals surface area contributed by atoms with Crippen molar-refractivity contribution in [1.29, 1.82) is 0 Å². The predicted octanol–water partition coefficient (Wildman–Crippen LogP) is 2.87. The van der Waals surface area contributed by atoms with Gasteiger partial charge in [-0.15, -0.1) is 0 Å². The van der Waals surface area contributed by atoms with E-state index in [1.807, 2.05) is 12.1 Å². The Kier molecular flexibility index (Phi) is 5.38. The summed E-state index contributed by atoms with van der Waals surface area (Å²) in [6.07, 6.45) is 1.48. The van der Waals surface area contributed by atoms with E-state index in [0.29, 0.717) is 31.3 Å². The Hall–Kier alpha value is -3.69. The van der Waals surface area contributed by atoms with Crippen molar-refractivity contribution in [3.05, 3.63) is 59.2 Å². The van der Waals surface area contributed by atoms with Gasteiger partial charge in [0.05, 0.1) is 6.04 Å². The number of ether oxygens (including phenoxy) is 2. The number of halogens is 2. The van der Waals surface area contributed by atoms with Gasteiger partial charge >= 0.3 is 6.03 Å². The molecule has 2 fully saturated rings. The van der Waals surface area contributed by atoms with Crippen LogP contribution in [0.3, 0.4) is 0 Å². The molecule has 0 aliphatic carbocycles. The summed E-state index contributed by atoms with van der Waals surface area (Å²) >= 11 is 0. The highest BCUT2D eigenvalue weighted by Gasteiger charge is 2.51. The molecule has 0 spiro atoms. The zero-order valence-corrected chi connectivity index (χ0v) is 18.5. The predicted molar refractivity (Wildman–Crippen MR) is 115 cm³/mol. The minimum Gasteiger partial charge on any atom is -0.486 e. The first-order valence-corrected chi connectivity index (χ1v) is 11.1. The van der Waals surface area contributed by atoms with E-state index < -0.39 is 41.6 Å². The molecule has 3 aliphatic heterocycles. The maximum Gasteiger partial charge on any atom is 0.325 e. The molecule has 4 amide bonds. The molecule has 2 unspecified atom stereocenters. The summed E-state index contributed by atoms with van der Waals surface area (Å²) in [5.74, 6) is -1.54. The Morgan fingerprint density at radius 3 is 2.68 bits per heavy atom. The van der Waals surface area contributed by atoms with Crippen LogP contribution in [-0.2, 0) is 15.1 Å². The van der Waals surface area contributed by atoms with Crippen LogP contribution < -0.4 is 14.8 Å². The minimum atomic E-state index is -1.82. The summed E-state index contributed by atoms with van der Waals surface area (Å²) in [4.78, 5) is 41.3. The minimum absolute atomic E-state index is 0.240. The topological polar surface area (TPSA) is 88.2 Å². The van der Waals surface area contributed by atoms with Gasteiger partial charge in [0, 0.05) is 12.1 Å². The quantitative estimate of drug-likeness (QED) is 0.693. The fourth-order valence-corrected chi connectivity index (χ4v) is 4.81. The van der Waals surface area contributed by atoms with Gasteiger partial charge in [-0.3, -0.25) is 14.5 Å².